The van der Waals surface area contributed by atoms with E-state index in [0.29, 0.717) is 99.4 Å². The lowest BCUT2D eigenvalue weighted by atomic mass is 10.0. The van der Waals surface area contributed by atoms with Gasteiger partial charge >= 0.3 is 18.4 Å². The molecule has 2 aliphatic rings. The minimum Gasteiger partial charge on any atom is -0.462 e. The van der Waals surface area contributed by atoms with Gasteiger partial charge in [-0.2, -0.15) is 41.5 Å². The second-order valence-corrected chi connectivity index (χ2v) is 26.5. The molecule has 508 valence electrons. The van der Waals surface area contributed by atoms with Crippen molar-refractivity contribution in [2.75, 3.05) is 26.2 Å². The molecular weight excluding hydrogens is 1340 g/mol. The van der Waals surface area contributed by atoms with Crippen molar-refractivity contribution in [2.24, 2.45) is 0 Å². The zero-order chi connectivity index (χ0) is 70.0. The molecule has 4 aromatic carbocycles. The van der Waals surface area contributed by atoms with Crippen molar-refractivity contribution < 1.29 is 48.9 Å². The Balaban J connectivity index is 0.000000139. The predicted molar refractivity (Wildman–Crippen MR) is 371 cm³/mol. The highest BCUT2D eigenvalue weighted by atomic mass is 32.2. The van der Waals surface area contributed by atoms with Crippen LogP contribution in [0.4, 0.5) is 26.3 Å². The summed E-state index contributed by atoms with van der Waals surface area (Å²) in [5.74, 6) is 19.0. The minimum absolute atomic E-state index is 0.122. The van der Waals surface area contributed by atoms with Gasteiger partial charge in [0.25, 0.3) is 5.88 Å². The molecule has 0 bridgehead atoms. The molecule has 0 unspecified atom stereocenters. The molecule has 101 heavy (non-hydrogen) atoms. The molecule has 13 aromatic rings. The number of aromatic nitrogens is 9. The van der Waals surface area contributed by atoms with E-state index < -0.39 is 23.5 Å². The highest BCUT2D eigenvalue weighted by Gasteiger charge is 2.33. The second kappa shape index (κ2) is 30.8. The largest absolute Gasteiger partial charge is 0.462 e. The number of ether oxygens (including phenoxy) is 1. The molecular formula is C77H61F6N11O5S2. The van der Waals surface area contributed by atoms with Crippen LogP contribution in [0.2, 0.25) is 0 Å². The summed E-state index contributed by atoms with van der Waals surface area (Å²) < 4.78 is 110. The number of rotatable bonds is 10. The summed E-state index contributed by atoms with van der Waals surface area (Å²) in [5, 5.41) is 15.3. The Labute approximate surface area is 584 Å². The van der Waals surface area contributed by atoms with Gasteiger partial charge in [-0.1, -0.05) is 78.0 Å². The molecule has 0 aliphatic carbocycles. The van der Waals surface area contributed by atoms with Crippen molar-refractivity contribution in [3.8, 4) is 47.5 Å². The summed E-state index contributed by atoms with van der Waals surface area (Å²) in [6, 6.07) is 20.1. The third-order valence-corrected chi connectivity index (χ3v) is 18.6. The van der Waals surface area contributed by atoms with Gasteiger partial charge in [0.15, 0.2) is 16.7 Å². The van der Waals surface area contributed by atoms with E-state index in [1.807, 2.05) is 76.2 Å². The Morgan fingerprint density at radius 3 is 1.81 bits per heavy atom. The number of furan rings is 2. The minimum atomic E-state index is -4.43. The number of nitrogens with zero attached hydrogens (tertiary/aromatic N) is 11. The van der Waals surface area contributed by atoms with E-state index in [4.69, 9.17) is 22.5 Å². The van der Waals surface area contributed by atoms with Gasteiger partial charge in [0.1, 0.15) is 30.6 Å². The fraction of sp³-hybridized carbons (Fsp3) is 0.234. The van der Waals surface area contributed by atoms with Crippen LogP contribution >= 0.6 is 23.5 Å². The molecule has 0 radical (unpaired) electrons. The number of alkyl halides is 6. The standard InChI is InChI=1S/C31H25F3N4OS.C27H23F3N4OS.C19H13N3O3/c1-20-9-21(10-24-15-36-37-17-27(20)24)5-6-23-14-35-16-28-29(19-39-30(23)28)40-26-12-22(11-25(13-26)31(32,33)34)18-38-7-3-2-4-8-38;1-18-12-33-25-24(16-35-26(25)23(18)6-5-19-13-31-17-32-14-19)36-22-10-20(9-21(11-22)27(28,29)30)15-34-7-3-2-4-8-34;1-12-5-7-16-17(15(12)8-6-14-4-3-9-20-10-14)25-22-18(16)24-19-21-13(2)11-23-19/h9-17,19H,2-4,7-8,18H2,1H3;9-14,16-17H,2-4,7-8,15H2,1H3;3-5,7,9-11H,1-2H3. The Morgan fingerprint density at radius 1 is 0.515 bits per heavy atom. The maximum absolute atomic E-state index is 13.8. The van der Waals surface area contributed by atoms with Gasteiger partial charge in [0, 0.05) is 88.2 Å². The zero-order valence-corrected chi connectivity index (χ0v) is 56.6. The normalized spacial score (nSPS) is 13.5. The molecule has 0 N–H and O–H groups in total. The highest BCUT2D eigenvalue weighted by molar-refractivity contribution is 7.99. The summed E-state index contributed by atoms with van der Waals surface area (Å²) in [5.41, 5.74) is 10.1. The SMILES string of the molecule is Cc1cc(C#Cc2cncc3c(Sc4cc(CN5CCCCC5)cc(C(F)(F)F)c4)coc23)cc2cnncc12.Cc1cnc2c(Sc3cc(CN4CCCCC4)cc(C(F)(F)F)c3)coc2c1C#Cc1cncnc1.Cc1coc(Oc2noc3c(C#Cc4cccnc4)c(C)ccc23)n1. The van der Waals surface area contributed by atoms with Crippen LogP contribution in [0.15, 0.2) is 191 Å². The molecule has 0 atom stereocenters. The summed E-state index contributed by atoms with van der Waals surface area (Å²) in [6.45, 7) is 12.3. The first-order valence-electron chi connectivity index (χ1n) is 32.3. The Hall–Kier alpha value is -10.8. The Morgan fingerprint density at radius 2 is 1.15 bits per heavy atom. The van der Waals surface area contributed by atoms with Gasteiger partial charge in [-0.25, -0.2) is 9.97 Å². The molecule has 24 heteroatoms. The number of oxazole rings is 1. The van der Waals surface area contributed by atoms with Crippen molar-refractivity contribution in [3.63, 3.8) is 0 Å². The first-order chi connectivity index (χ1) is 48.9. The van der Waals surface area contributed by atoms with Crippen LogP contribution in [0, 0.1) is 63.2 Å². The molecule has 2 aliphatic heterocycles. The van der Waals surface area contributed by atoms with Crippen molar-refractivity contribution in [1.82, 2.24) is 55.1 Å². The predicted octanol–water partition coefficient (Wildman–Crippen LogP) is 18.1. The first kappa shape index (κ1) is 68.7. The third kappa shape index (κ3) is 17.1. The summed E-state index contributed by atoms with van der Waals surface area (Å²) in [7, 11) is 0. The number of hydrogen-bond donors (Lipinski definition) is 0. The molecule has 2 saturated heterocycles. The smallest absolute Gasteiger partial charge is 0.416 e. The van der Waals surface area contributed by atoms with Crippen LogP contribution in [-0.4, -0.2) is 81.2 Å². The van der Waals surface area contributed by atoms with Crippen LogP contribution in [-0.2, 0) is 25.4 Å². The average molecular weight is 1400 g/mol. The number of halogens is 6. The van der Waals surface area contributed by atoms with E-state index in [0.717, 1.165) is 102 Å². The average Bonchev–Trinajstić information content (AvgIpc) is 1.75. The molecule has 15 rings (SSSR count). The highest BCUT2D eigenvalue weighted by Crippen LogP contribution is 2.42. The summed E-state index contributed by atoms with van der Waals surface area (Å²) in [4.78, 5) is 31.7. The summed E-state index contributed by atoms with van der Waals surface area (Å²) in [6.07, 6.45) is 19.0. The molecule has 0 spiro atoms. The van der Waals surface area contributed by atoms with Gasteiger partial charge in [0.2, 0.25) is 0 Å². The van der Waals surface area contributed by atoms with Crippen molar-refractivity contribution in [1.29, 1.82) is 0 Å². The second-order valence-electron chi connectivity index (χ2n) is 24.2. The number of piperidine rings is 2. The molecule has 11 heterocycles. The van der Waals surface area contributed by atoms with Crippen molar-refractivity contribution in [3.05, 3.63) is 232 Å². The number of aryl methyl sites for hydroxylation is 4. The lowest BCUT2D eigenvalue weighted by Gasteiger charge is -2.26. The number of benzene rings is 4. The lowest BCUT2D eigenvalue weighted by molar-refractivity contribution is -0.138. The number of fused-ring (bicyclic) bond motifs is 4. The van der Waals surface area contributed by atoms with Gasteiger partial charge in [0.05, 0.1) is 72.0 Å². The topological polar surface area (TPSA) is 184 Å². The maximum atomic E-state index is 13.8. The van der Waals surface area contributed by atoms with Crippen LogP contribution in [0.5, 0.6) is 12.0 Å². The van der Waals surface area contributed by atoms with Gasteiger partial charge in [-0.3, -0.25) is 24.8 Å². The summed E-state index contributed by atoms with van der Waals surface area (Å²) >= 11 is 2.46. The Kier molecular flexibility index (Phi) is 20.9. The fourth-order valence-corrected chi connectivity index (χ4v) is 13.7. The maximum Gasteiger partial charge on any atom is 0.416 e. The quantitative estimate of drug-likeness (QED) is 0.0929. The van der Waals surface area contributed by atoms with Gasteiger partial charge in [-0.05, 0) is 179 Å². The molecule has 9 aromatic heterocycles. The first-order valence-corrected chi connectivity index (χ1v) is 33.9. The van der Waals surface area contributed by atoms with Crippen molar-refractivity contribution in [2.45, 2.75) is 111 Å². The lowest BCUT2D eigenvalue weighted by Crippen LogP contribution is -2.29. The van der Waals surface area contributed by atoms with Crippen LogP contribution in [0.1, 0.15) is 117 Å². The number of likely N-dealkylation sites (tertiary alicyclic amines) is 2. The van der Waals surface area contributed by atoms with Gasteiger partial charge < -0.3 is 22.5 Å². The number of pyridine rings is 3. The molecule has 16 nitrogen and oxygen atoms in total. The van der Waals surface area contributed by atoms with E-state index in [9.17, 15) is 26.3 Å². The molecule has 0 amide bonds. The fourth-order valence-electron chi connectivity index (χ4n) is 11.7. The Bertz CT molecular complexity index is 5340. The van der Waals surface area contributed by atoms with Crippen LogP contribution < -0.4 is 4.74 Å². The van der Waals surface area contributed by atoms with Crippen molar-refractivity contribution >= 4 is 67.3 Å². The van der Waals surface area contributed by atoms with E-state index in [2.05, 4.69) is 90.6 Å². The molecule has 2 fully saturated rings. The number of hydrogen-bond acceptors (Lipinski definition) is 18. The molecule has 0 saturated carbocycles. The third-order valence-electron chi connectivity index (χ3n) is 16.6. The van der Waals surface area contributed by atoms with E-state index in [1.165, 1.54) is 79.5 Å². The van der Waals surface area contributed by atoms with E-state index >= 15 is 0 Å². The zero-order valence-electron chi connectivity index (χ0n) is 55.0. The van der Waals surface area contributed by atoms with E-state index in [-0.39, 0.29) is 6.08 Å². The monoisotopic (exact) mass is 1400 g/mol. The van der Waals surface area contributed by atoms with Crippen LogP contribution in [0.3, 0.4) is 0 Å². The van der Waals surface area contributed by atoms with Gasteiger partial charge in [-0.15, -0.1) is 0 Å². The van der Waals surface area contributed by atoms with Crippen LogP contribution in [0.25, 0.3) is 43.8 Å². The van der Waals surface area contributed by atoms with E-state index in [1.54, 1.807) is 62.0 Å².